The molecule has 0 bridgehead atoms. The molecule has 0 fully saturated rings. The fraction of sp³-hybridized carbons (Fsp3) is 0.286. The Morgan fingerprint density at radius 2 is 1.83 bits per heavy atom. The van der Waals surface area contributed by atoms with Crippen molar-refractivity contribution in [2.45, 2.75) is 26.9 Å². The molecule has 0 saturated heterocycles. The Morgan fingerprint density at radius 1 is 1.28 bits per heavy atom. The second-order valence-electron chi connectivity index (χ2n) is 2.78. The van der Waals surface area contributed by atoms with Gasteiger partial charge in [0.15, 0.2) is 0 Å². The van der Waals surface area contributed by atoms with Crippen molar-refractivity contribution >= 4 is 0 Å². The molecule has 0 amide bonds. The molecule has 1 rings (SSSR count). The second-order valence-corrected chi connectivity index (χ2v) is 2.78. The molecule has 0 spiro atoms. The van der Waals surface area contributed by atoms with Gasteiger partial charge in [-0.2, -0.15) is 29.8 Å². The van der Waals surface area contributed by atoms with E-state index < -0.39 is 0 Å². The maximum absolute atomic E-state index is 8.74. The van der Waals surface area contributed by atoms with Crippen LogP contribution in [0.5, 0.6) is 0 Å². The molecule has 0 unspecified atom stereocenters. The smallest absolute Gasteiger partial charge is 0.0238 e. The van der Waals surface area contributed by atoms with E-state index in [9.17, 15) is 0 Å². The van der Waals surface area contributed by atoms with Gasteiger partial charge in [-0.15, -0.1) is 12.0 Å². The first kappa shape index (κ1) is 27.2. The van der Waals surface area contributed by atoms with Crippen molar-refractivity contribution < 1.29 is 79.9 Å². The SMILES string of the molecule is C#CC#CC.CCc1c[c-]cc(CO)c1.[W].[W].[Y]. The summed E-state index contributed by atoms with van der Waals surface area (Å²) in [7, 11) is 0. The van der Waals surface area contributed by atoms with E-state index in [4.69, 9.17) is 11.5 Å². The van der Waals surface area contributed by atoms with Gasteiger partial charge in [-0.05, 0) is 18.8 Å². The van der Waals surface area contributed by atoms with Crippen LogP contribution >= 0.6 is 0 Å². The zero-order valence-electron chi connectivity index (χ0n) is 10.6. The van der Waals surface area contributed by atoms with Crippen LogP contribution in [-0.4, -0.2) is 5.11 Å². The zero-order valence-corrected chi connectivity index (χ0v) is 19.3. The Hall–Kier alpha value is 0.781. The third kappa shape index (κ3) is 14.8. The first-order valence-corrected chi connectivity index (χ1v) is 4.75. The number of benzene rings is 1. The molecule has 0 aliphatic heterocycles. The molecule has 1 nitrogen and oxygen atoms in total. The number of hydrogen-bond acceptors (Lipinski definition) is 1. The summed E-state index contributed by atoms with van der Waals surface area (Å²) in [5.74, 6) is 7.08. The Morgan fingerprint density at radius 3 is 2.17 bits per heavy atom. The zero-order chi connectivity index (χ0) is 11.5. The van der Waals surface area contributed by atoms with Crippen molar-refractivity contribution in [1.82, 2.24) is 0 Å². The van der Waals surface area contributed by atoms with Gasteiger partial charge in [-0.3, -0.25) is 0 Å². The number of terminal acetylenes is 1. The molecule has 1 radical (unpaired) electrons. The summed E-state index contributed by atoms with van der Waals surface area (Å²) in [6, 6.07) is 8.72. The van der Waals surface area contributed by atoms with Gasteiger partial charge in [0.25, 0.3) is 0 Å². The van der Waals surface area contributed by atoms with E-state index in [1.165, 1.54) is 5.56 Å². The van der Waals surface area contributed by atoms with Crippen LogP contribution in [0.15, 0.2) is 18.2 Å². The van der Waals surface area contributed by atoms with E-state index in [1.54, 1.807) is 13.0 Å². The Labute approximate surface area is 164 Å². The van der Waals surface area contributed by atoms with Crippen molar-refractivity contribution in [3.63, 3.8) is 0 Å². The molecule has 4 heteroatoms. The van der Waals surface area contributed by atoms with Crippen molar-refractivity contribution in [2.75, 3.05) is 0 Å². The van der Waals surface area contributed by atoms with Crippen LogP contribution in [0, 0.1) is 30.3 Å². The molecule has 1 aromatic rings. The summed E-state index contributed by atoms with van der Waals surface area (Å²) in [4.78, 5) is 0. The standard InChI is InChI=1S/C9H11O.C5H4.2W.Y/c1-2-8-4-3-5-9(6-8)7-10;1-3-5-4-2;;;/h4-6,10H,2,7H2,1H3;1H,2H3;;;/q-1;;;;. The summed E-state index contributed by atoms with van der Waals surface area (Å²) >= 11 is 0. The molecule has 0 aliphatic rings. The van der Waals surface area contributed by atoms with E-state index in [1.807, 2.05) is 12.1 Å². The topological polar surface area (TPSA) is 20.2 Å². The molecule has 1 aromatic carbocycles. The number of aliphatic hydroxyl groups excluding tert-OH is 1. The van der Waals surface area contributed by atoms with Gasteiger partial charge in [-0.25, -0.2) is 0 Å². The quantitative estimate of drug-likeness (QED) is 0.383. The predicted molar refractivity (Wildman–Crippen MR) is 62.9 cm³/mol. The van der Waals surface area contributed by atoms with Crippen molar-refractivity contribution in [1.29, 1.82) is 0 Å². The van der Waals surface area contributed by atoms with E-state index in [-0.39, 0.29) is 81.4 Å². The first-order valence-electron chi connectivity index (χ1n) is 4.75. The normalized spacial score (nSPS) is 6.33. The molecule has 93 valence electrons. The van der Waals surface area contributed by atoms with Gasteiger partial charge in [-0.1, -0.05) is 19.3 Å². The van der Waals surface area contributed by atoms with Crippen LogP contribution in [0.25, 0.3) is 0 Å². The summed E-state index contributed by atoms with van der Waals surface area (Å²) in [6.07, 6.45) is 5.72. The largest absolute Gasteiger partial charge is 0.404 e. The molecular formula is C14H15OW2Y-. The molecule has 1 N–H and O–H groups in total. The molecule has 18 heavy (non-hydrogen) atoms. The third-order valence-corrected chi connectivity index (χ3v) is 1.70. The Balaban J connectivity index is -0.000000109. The van der Waals surface area contributed by atoms with Gasteiger partial charge >= 0.3 is 0 Å². The molecule has 0 heterocycles. The summed E-state index contributed by atoms with van der Waals surface area (Å²) < 4.78 is 0. The van der Waals surface area contributed by atoms with Crippen LogP contribution in [-0.2, 0) is 87.9 Å². The average Bonchev–Trinajstić information content (AvgIpc) is 2.31. The Kier molecular flexibility index (Phi) is 30.4. The summed E-state index contributed by atoms with van der Waals surface area (Å²) in [6.45, 7) is 3.91. The van der Waals surface area contributed by atoms with Crippen LogP contribution in [0.3, 0.4) is 0 Å². The van der Waals surface area contributed by atoms with Crippen molar-refractivity contribution in [3.8, 4) is 24.2 Å². The van der Waals surface area contributed by atoms with Crippen molar-refractivity contribution in [3.05, 3.63) is 35.4 Å². The number of rotatable bonds is 2. The van der Waals surface area contributed by atoms with E-state index in [0.29, 0.717) is 0 Å². The van der Waals surface area contributed by atoms with Gasteiger partial charge in [0.2, 0.25) is 0 Å². The molecular weight excluding hydrogens is 641 g/mol. The molecule has 0 saturated carbocycles. The number of aryl methyl sites for hydroxylation is 1. The first-order chi connectivity index (χ1) is 7.28. The average molecular weight is 656 g/mol. The third-order valence-electron chi connectivity index (χ3n) is 1.70. The van der Waals surface area contributed by atoms with Crippen LogP contribution in [0.4, 0.5) is 0 Å². The summed E-state index contributed by atoms with van der Waals surface area (Å²) in [5.41, 5.74) is 2.17. The van der Waals surface area contributed by atoms with Crippen molar-refractivity contribution in [2.24, 2.45) is 0 Å². The van der Waals surface area contributed by atoms with Gasteiger partial charge in [0.1, 0.15) is 0 Å². The minimum atomic E-state index is 0. The van der Waals surface area contributed by atoms with E-state index in [0.717, 1.165) is 12.0 Å². The van der Waals surface area contributed by atoms with Gasteiger partial charge in [0.05, 0.1) is 0 Å². The van der Waals surface area contributed by atoms with Crippen LogP contribution in [0.1, 0.15) is 25.0 Å². The van der Waals surface area contributed by atoms with Gasteiger partial charge in [0, 0.05) is 81.4 Å². The number of aliphatic hydroxyl groups is 1. The number of hydrogen-bond donors (Lipinski definition) is 1. The minimum absolute atomic E-state index is 0. The predicted octanol–water partition coefficient (Wildman–Crippen LogP) is 2.18. The maximum atomic E-state index is 8.74. The fourth-order valence-corrected chi connectivity index (χ4v) is 0.945. The second kappa shape index (κ2) is 20.1. The van der Waals surface area contributed by atoms with E-state index >= 15 is 0 Å². The van der Waals surface area contributed by atoms with Gasteiger partial charge < -0.3 is 5.11 Å². The monoisotopic (exact) mass is 656 g/mol. The molecule has 0 aromatic heterocycles. The van der Waals surface area contributed by atoms with Crippen LogP contribution < -0.4 is 0 Å². The maximum Gasteiger partial charge on any atom is 0.0238 e. The summed E-state index contributed by atoms with van der Waals surface area (Å²) in [5, 5.41) is 8.74. The fourth-order valence-electron chi connectivity index (χ4n) is 0.945. The Bertz CT molecular complexity index is 370. The molecule has 0 atom stereocenters. The minimum Gasteiger partial charge on any atom is -0.404 e. The van der Waals surface area contributed by atoms with Crippen LogP contribution in [0.2, 0.25) is 0 Å². The molecule has 0 aliphatic carbocycles. The van der Waals surface area contributed by atoms with E-state index in [2.05, 4.69) is 30.8 Å².